The molecule has 6 aromatic heterocycles. The van der Waals surface area contributed by atoms with Crippen LogP contribution in [0.2, 0.25) is 0 Å². The van der Waals surface area contributed by atoms with Gasteiger partial charge in [0.15, 0.2) is 5.58 Å². The standard InChI is InChI=1S/C19H12N2O.C19H11N2O.2C11H8N.CHF3O4S.CH4O.CH4.CH3.2Ir/c2*1-12-8-9-14-13-5-4-6-15(17-7-2-3-10-21-17)18(13)22-19(14)16(12)11-20;2*1-2-6-10(7-3-1)11-8-4-5-9-12-11;2-1(3,4)9(6,7)8-5;1-2;;;;/h2-10H,1H3;2-5,7-10H,1H3;2*1-6,8-9H;5H;2H,1H3;1H4;1H3;;/q;3*-1;;;;-1;;/i2*1D3;;;;;;;;. The van der Waals surface area contributed by atoms with Crippen LogP contribution in [0.25, 0.3) is 88.9 Å². The van der Waals surface area contributed by atoms with Gasteiger partial charge in [0.25, 0.3) is 0 Å². The molecule has 13 nitrogen and oxygen atoms in total. The summed E-state index contributed by atoms with van der Waals surface area (Å²) in [5.74, 6) is 0. The molecule has 0 atom stereocenters. The first kappa shape index (κ1) is 59.1. The van der Waals surface area contributed by atoms with Crippen LogP contribution in [0.1, 0.15) is 37.9 Å². The van der Waals surface area contributed by atoms with Gasteiger partial charge in [-0.05, 0) is 78.3 Å². The Morgan fingerprint density at radius 3 is 1.34 bits per heavy atom. The Labute approximate surface area is 514 Å². The van der Waals surface area contributed by atoms with Crippen molar-refractivity contribution < 1.29 is 93.6 Å². The van der Waals surface area contributed by atoms with Gasteiger partial charge in [0.05, 0.1) is 22.4 Å². The molecular weight excluding hydrogens is 1440 g/mol. The predicted octanol–water partition coefficient (Wildman–Crippen LogP) is 15.6. The number of aromatic nitrogens is 4. The van der Waals surface area contributed by atoms with Gasteiger partial charge in [0, 0.05) is 102 Å². The minimum Gasteiger partial charge on any atom is -0.499 e. The van der Waals surface area contributed by atoms with Crippen LogP contribution in [0.15, 0.2) is 210 Å². The number of furan rings is 2. The fraction of sp³-hybridized carbons (Fsp3) is 0.0781. The van der Waals surface area contributed by atoms with Crippen LogP contribution < -0.4 is 0 Å². The summed E-state index contributed by atoms with van der Waals surface area (Å²) in [6, 6.07) is 67.5. The van der Waals surface area contributed by atoms with Crippen LogP contribution >= 0.6 is 0 Å². The normalized spacial score (nSPS) is 11.5. The summed E-state index contributed by atoms with van der Waals surface area (Å²) < 4.78 is 112. The summed E-state index contributed by atoms with van der Waals surface area (Å²) in [5.41, 5.74) is 3.19. The van der Waals surface area contributed by atoms with Crippen LogP contribution in [0, 0.1) is 62.0 Å². The first-order chi connectivity index (χ1) is 40.8. The van der Waals surface area contributed by atoms with Gasteiger partial charge in [0.1, 0.15) is 23.3 Å². The third-order valence-electron chi connectivity index (χ3n) is 11.0. The Hall–Kier alpha value is -8.58. The number of hydrogen-bond donors (Lipinski definition) is 2. The maximum Gasteiger partial charge on any atom is 0.525 e. The number of alkyl halides is 3. The van der Waals surface area contributed by atoms with E-state index >= 15 is 0 Å². The molecule has 6 heterocycles. The zero-order valence-electron chi connectivity index (χ0n) is 48.9. The number of halogens is 3. The van der Waals surface area contributed by atoms with Gasteiger partial charge < -0.3 is 36.3 Å². The van der Waals surface area contributed by atoms with Gasteiger partial charge in [-0.1, -0.05) is 97.2 Å². The number of para-hydroxylation sites is 1. The van der Waals surface area contributed by atoms with E-state index in [1.165, 1.54) is 12.1 Å². The van der Waals surface area contributed by atoms with E-state index in [2.05, 4.69) is 42.5 Å². The van der Waals surface area contributed by atoms with E-state index in [9.17, 15) is 32.1 Å². The molecule has 428 valence electrons. The molecule has 0 bridgehead atoms. The number of hydrogen-bond acceptors (Lipinski definition) is 13. The van der Waals surface area contributed by atoms with Gasteiger partial charge in [-0.2, -0.15) is 32.1 Å². The summed E-state index contributed by atoms with van der Waals surface area (Å²) in [6.07, 6.45) is 6.95. The minimum absolute atomic E-state index is 0. The van der Waals surface area contributed by atoms with Crippen LogP contribution in [-0.4, -0.2) is 51.3 Å². The Kier molecular flexibility index (Phi) is 23.3. The average Bonchev–Trinajstić information content (AvgIpc) is 1.65. The first-order valence-corrected chi connectivity index (χ1v) is 24.5. The van der Waals surface area contributed by atoms with E-state index in [1.807, 2.05) is 158 Å². The zero-order chi connectivity index (χ0) is 61.4. The van der Waals surface area contributed by atoms with Crippen LogP contribution in [0.3, 0.4) is 0 Å². The van der Waals surface area contributed by atoms with Crippen molar-refractivity contribution in [2.24, 2.45) is 0 Å². The molecule has 19 heteroatoms. The van der Waals surface area contributed by atoms with Gasteiger partial charge in [-0.25, -0.2) is 5.26 Å². The van der Waals surface area contributed by atoms with Crippen molar-refractivity contribution in [2.45, 2.75) is 26.6 Å². The molecule has 0 unspecified atom stereocenters. The quantitative estimate of drug-likeness (QED) is 0.0712. The fourth-order valence-corrected chi connectivity index (χ4v) is 7.59. The Bertz CT molecular complexity index is 4040. The Morgan fingerprint density at radius 1 is 0.530 bits per heavy atom. The maximum atomic E-state index is 11.0. The number of rotatable bonds is 5. The molecule has 0 saturated heterocycles. The molecule has 0 aliphatic heterocycles. The molecular formula is C64H51F3Ir2N6O7S-4. The fourth-order valence-electron chi connectivity index (χ4n) is 7.51. The summed E-state index contributed by atoms with van der Waals surface area (Å²) in [7, 11) is -4.78. The van der Waals surface area contributed by atoms with Gasteiger partial charge >= 0.3 is 15.6 Å². The maximum absolute atomic E-state index is 11.0. The SMILES string of the molecule is C.CO.O=S(=O)(OO)C(F)(F)F.[2H]C([2H])([2H])c1ccc2c(oc3c(-c4ccccn4)[c-]ccc32)c1C#N.[2H]C([2H])([2H])c1ccc2c(oc3c(-c4ccccn4)cccc32)c1C#N.[CH3-].[Ir].[Ir].[c-]1ccccc1-c1ccccn1.[c-]1ccccc1-c1ccccn1. The molecule has 0 aliphatic carbocycles. The van der Waals surface area contributed by atoms with Gasteiger partial charge in [-0.15, -0.1) is 94.3 Å². The van der Waals surface area contributed by atoms with Crippen molar-refractivity contribution >= 4 is 54.0 Å². The number of aliphatic hydroxyl groups excluding tert-OH is 1. The third-order valence-corrected chi connectivity index (χ3v) is 11.8. The molecule has 0 spiro atoms. The monoisotopic (exact) mass is 1500 g/mol. The second-order valence-electron chi connectivity index (χ2n) is 15.8. The van der Waals surface area contributed by atoms with Crippen LogP contribution in [0.4, 0.5) is 13.2 Å². The number of pyridine rings is 4. The van der Waals surface area contributed by atoms with Crippen molar-refractivity contribution in [3.63, 3.8) is 0 Å². The number of aliphatic hydroxyl groups is 1. The topological polar surface area (TPSA) is 209 Å². The molecule has 83 heavy (non-hydrogen) atoms. The number of fused-ring (bicyclic) bond motifs is 6. The second-order valence-corrected chi connectivity index (χ2v) is 17.3. The smallest absolute Gasteiger partial charge is 0.499 e. The number of aryl methyl sites for hydroxylation is 2. The van der Waals surface area contributed by atoms with Crippen molar-refractivity contribution in [3.8, 4) is 57.2 Å². The van der Waals surface area contributed by atoms with E-state index in [-0.39, 0.29) is 82.9 Å². The van der Waals surface area contributed by atoms with Crippen molar-refractivity contribution in [3.05, 3.63) is 249 Å². The Morgan fingerprint density at radius 2 is 0.952 bits per heavy atom. The summed E-state index contributed by atoms with van der Waals surface area (Å²) in [5, 5.41) is 36.2. The molecule has 0 fully saturated rings. The van der Waals surface area contributed by atoms with Crippen molar-refractivity contribution in [2.75, 3.05) is 7.11 Å². The van der Waals surface area contributed by atoms with Gasteiger partial charge in [-0.3, -0.25) is 4.98 Å². The van der Waals surface area contributed by atoms with Gasteiger partial charge in [0.2, 0.25) is 0 Å². The molecule has 6 aromatic carbocycles. The predicted molar refractivity (Wildman–Crippen MR) is 309 cm³/mol. The molecule has 2 radical (unpaired) electrons. The minimum atomic E-state index is -5.78. The van der Waals surface area contributed by atoms with E-state index in [0.29, 0.717) is 33.4 Å². The summed E-state index contributed by atoms with van der Waals surface area (Å²) >= 11 is 0. The first-order valence-electron chi connectivity index (χ1n) is 26.1. The third kappa shape index (κ3) is 16.8. The van der Waals surface area contributed by atoms with E-state index in [0.717, 1.165) is 57.0 Å². The van der Waals surface area contributed by atoms with Crippen LogP contribution in [-0.2, 0) is 54.7 Å². The molecule has 0 saturated carbocycles. The molecule has 12 aromatic rings. The Balaban J connectivity index is 0.000000301. The molecule has 0 aliphatic rings. The number of benzene rings is 6. The van der Waals surface area contributed by atoms with E-state index < -0.39 is 29.3 Å². The van der Waals surface area contributed by atoms with Crippen molar-refractivity contribution in [1.82, 2.24) is 19.9 Å². The zero-order valence-corrected chi connectivity index (χ0v) is 48.5. The largest absolute Gasteiger partial charge is 0.525 e. The van der Waals surface area contributed by atoms with Crippen molar-refractivity contribution in [1.29, 1.82) is 10.5 Å². The van der Waals surface area contributed by atoms with E-state index in [4.69, 9.17) is 27.4 Å². The van der Waals surface area contributed by atoms with Crippen LogP contribution in [0.5, 0.6) is 0 Å². The summed E-state index contributed by atoms with van der Waals surface area (Å²) in [6.45, 7) is -4.75. The molecule has 12 rings (SSSR count). The summed E-state index contributed by atoms with van der Waals surface area (Å²) in [4.78, 5) is 17.1. The second kappa shape index (κ2) is 32.8. The number of nitrogens with zero attached hydrogens (tertiary/aromatic N) is 6. The average molecular weight is 1500 g/mol. The molecule has 2 N–H and O–H groups in total. The number of nitriles is 2. The van der Waals surface area contributed by atoms with E-state index in [1.54, 1.807) is 43.0 Å². The molecule has 0 amide bonds.